The molecule has 0 atom stereocenters. The summed E-state index contributed by atoms with van der Waals surface area (Å²) in [5, 5.41) is 15.0. The fourth-order valence-corrected chi connectivity index (χ4v) is 3.21. The highest BCUT2D eigenvalue weighted by atomic mass is 16.4. The number of carbonyl (C=O) groups excluding carboxylic acids is 1. The largest absolute Gasteiger partial charge is 0.480 e. The summed E-state index contributed by atoms with van der Waals surface area (Å²) in [6, 6.07) is 4.08. The number of hydrogen-bond donors (Lipinski definition) is 3. The molecule has 2 aliphatic carbocycles. The molecule has 1 aromatic heterocycles. The normalized spacial score (nSPS) is 21.5. The number of amides is 1. The summed E-state index contributed by atoms with van der Waals surface area (Å²) in [6.45, 7) is 1.20. The smallest absolute Gasteiger partial charge is 0.317 e. The Balaban J connectivity index is 1.46. The van der Waals surface area contributed by atoms with Crippen LogP contribution in [0.4, 0.5) is 5.82 Å². The van der Waals surface area contributed by atoms with Gasteiger partial charge in [0.2, 0.25) is 0 Å². The molecule has 2 aliphatic rings. The van der Waals surface area contributed by atoms with Crippen LogP contribution < -0.4 is 10.6 Å². The van der Waals surface area contributed by atoms with Gasteiger partial charge in [-0.05, 0) is 43.7 Å². The van der Waals surface area contributed by atoms with E-state index in [0.29, 0.717) is 23.3 Å². The molecule has 0 spiro atoms. The second kappa shape index (κ2) is 8.19. The van der Waals surface area contributed by atoms with E-state index in [1.54, 1.807) is 12.1 Å². The van der Waals surface area contributed by atoms with Gasteiger partial charge in [0, 0.05) is 24.8 Å². The van der Waals surface area contributed by atoms with Gasteiger partial charge in [0.25, 0.3) is 5.91 Å². The van der Waals surface area contributed by atoms with Gasteiger partial charge >= 0.3 is 5.97 Å². The number of aliphatic carboxylic acids is 1. The standard InChI is InChI=1S/C19H24N4O3/c1-2-7-20-19(26)14-5-6-17(21-10-14)22-15-8-16(9-15)23(12-18(24)25)11-13-3-4-13/h1,5-6,10,13,15-16H,3-4,7-9,11-12H2,(H,20,26)(H,21,22)(H,24,25). The van der Waals surface area contributed by atoms with E-state index in [2.05, 4.69) is 26.4 Å². The number of carboxylic acid groups (broad SMARTS) is 1. The van der Waals surface area contributed by atoms with Gasteiger partial charge in [-0.25, -0.2) is 4.98 Å². The zero-order valence-corrected chi connectivity index (χ0v) is 14.6. The average Bonchev–Trinajstić information content (AvgIpc) is 3.39. The Hall–Kier alpha value is -2.59. The fourth-order valence-electron chi connectivity index (χ4n) is 3.21. The number of carbonyl (C=O) groups is 2. The number of hydrogen-bond acceptors (Lipinski definition) is 5. The van der Waals surface area contributed by atoms with E-state index in [1.807, 2.05) is 0 Å². The van der Waals surface area contributed by atoms with Crippen molar-refractivity contribution in [2.45, 2.75) is 37.8 Å². The summed E-state index contributed by atoms with van der Waals surface area (Å²) in [4.78, 5) is 29.2. The summed E-state index contributed by atoms with van der Waals surface area (Å²) in [7, 11) is 0. The van der Waals surface area contributed by atoms with E-state index in [0.717, 1.165) is 19.4 Å². The molecule has 0 radical (unpaired) electrons. The SMILES string of the molecule is C#CCNC(=O)c1ccc(NC2CC(N(CC(=O)O)CC3CC3)C2)nc1. The second-order valence-electron chi connectivity index (χ2n) is 7.05. The minimum atomic E-state index is -0.762. The van der Waals surface area contributed by atoms with Crippen molar-refractivity contribution in [3.8, 4) is 12.3 Å². The van der Waals surface area contributed by atoms with Crippen LogP contribution in [0.15, 0.2) is 18.3 Å². The number of nitrogens with one attached hydrogen (secondary N) is 2. The van der Waals surface area contributed by atoms with Crippen molar-refractivity contribution in [2.24, 2.45) is 5.92 Å². The summed E-state index contributed by atoms with van der Waals surface area (Å²) in [6.07, 6.45) is 10.9. The van der Waals surface area contributed by atoms with E-state index in [4.69, 9.17) is 11.5 Å². The molecule has 1 amide bonds. The molecular weight excluding hydrogens is 332 g/mol. The molecule has 1 heterocycles. The molecule has 0 aliphatic heterocycles. The van der Waals surface area contributed by atoms with Gasteiger partial charge in [-0.1, -0.05) is 5.92 Å². The first-order valence-corrected chi connectivity index (χ1v) is 8.95. The first-order chi connectivity index (χ1) is 12.5. The Morgan fingerprint density at radius 3 is 2.69 bits per heavy atom. The van der Waals surface area contributed by atoms with Crippen molar-refractivity contribution in [3.05, 3.63) is 23.9 Å². The molecule has 0 saturated heterocycles. The van der Waals surface area contributed by atoms with Crippen LogP contribution >= 0.6 is 0 Å². The maximum atomic E-state index is 11.8. The first-order valence-electron chi connectivity index (χ1n) is 8.95. The van der Waals surface area contributed by atoms with Crippen LogP contribution in [-0.2, 0) is 4.79 Å². The lowest BCUT2D eigenvalue weighted by Crippen LogP contribution is -2.52. The third-order valence-electron chi connectivity index (χ3n) is 4.89. The molecule has 0 unspecified atom stereocenters. The third kappa shape index (κ3) is 4.96. The third-order valence-corrected chi connectivity index (χ3v) is 4.89. The fraction of sp³-hybridized carbons (Fsp3) is 0.526. The topological polar surface area (TPSA) is 94.6 Å². The van der Waals surface area contributed by atoms with Gasteiger partial charge in [-0.2, -0.15) is 0 Å². The van der Waals surface area contributed by atoms with Crippen molar-refractivity contribution in [1.29, 1.82) is 0 Å². The maximum Gasteiger partial charge on any atom is 0.317 e. The van der Waals surface area contributed by atoms with Crippen LogP contribution in [0.25, 0.3) is 0 Å². The molecule has 3 rings (SSSR count). The number of terminal acetylenes is 1. The molecular formula is C19H24N4O3. The molecule has 1 aromatic rings. The zero-order chi connectivity index (χ0) is 18.5. The molecule has 7 nitrogen and oxygen atoms in total. The van der Waals surface area contributed by atoms with Gasteiger partial charge < -0.3 is 15.7 Å². The zero-order valence-electron chi connectivity index (χ0n) is 14.6. The Morgan fingerprint density at radius 2 is 2.12 bits per heavy atom. The van der Waals surface area contributed by atoms with E-state index < -0.39 is 5.97 Å². The van der Waals surface area contributed by atoms with Crippen LogP contribution in [0.2, 0.25) is 0 Å². The average molecular weight is 356 g/mol. The molecule has 0 bridgehead atoms. The molecule has 2 saturated carbocycles. The number of nitrogens with zero attached hydrogens (tertiary/aromatic N) is 2. The molecule has 0 aromatic carbocycles. The van der Waals surface area contributed by atoms with Crippen molar-refractivity contribution in [2.75, 3.05) is 25.0 Å². The molecule has 7 heteroatoms. The van der Waals surface area contributed by atoms with Gasteiger partial charge in [-0.15, -0.1) is 6.42 Å². The minimum Gasteiger partial charge on any atom is -0.480 e. The lowest BCUT2D eigenvalue weighted by atomic mass is 9.85. The van der Waals surface area contributed by atoms with E-state index in [-0.39, 0.29) is 25.0 Å². The predicted octanol–water partition coefficient (Wildman–Crippen LogP) is 1.18. The van der Waals surface area contributed by atoms with Gasteiger partial charge in [-0.3, -0.25) is 14.5 Å². The van der Waals surface area contributed by atoms with E-state index >= 15 is 0 Å². The van der Waals surface area contributed by atoms with Gasteiger partial charge in [0.05, 0.1) is 18.7 Å². The summed E-state index contributed by atoms with van der Waals surface area (Å²) < 4.78 is 0. The number of rotatable bonds is 9. The van der Waals surface area contributed by atoms with Gasteiger partial charge in [0.1, 0.15) is 5.82 Å². The Kier molecular flexibility index (Phi) is 5.74. The van der Waals surface area contributed by atoms with Crippen molar-refractivity contribution in [1.82, 2.24) is 15.2 Å². The van der Waals surface area contributed by atoms with E-state index in [9.17, 15) is 9.59 Å². The number of aromatic nitrogens is 1. The lowest BCUT2D eigenvalue weighted by Gasteiger charge is -2.43. The van der Waals surface area contributed by atoms with Crippen LogP contribution in [0.3, 0.4) is 0 Å². The predicted molar refractivity (Wildman–Crippen MR) is 97.8 cm³/mol. The Labute approximate surface area is 153 Å². The summed E-state index contributed by atoms with van der Waals surface area (Å²) in [5.74, 6) is 2.75. The summed E-state index contributed by atoms with van der Waals surface area (Å²) in [5.41, 5.74) is 0.467. The van der Waals surface area contributed by atoms with Crippen molar-refractivity contribution < 1.29 is 14.7 Å². The molecule has 2 fully saturated rings. The first kappa shape index (κ1) is 18.2. The Bertz CT molecular complexity index is 688. The van der Waals surface area contributed by atoms with Crippen LogP contribution in [0.1, 0.15) is 36.0 Å². The van der Waals surface area contributed by atoms with Crippen LogP contribution in [0, 0.1) is 18.3 Å². The maximum absolute atomic E-state index is 11.8. The summed E-state index contributed by atoms with van der Waals surface area (Å²) >= 11 is 0. The molecule has 3 N–H and O–H groups in total. The van der Waals surface area contributed by atoms with Crippen LogP contribution in [-0.4, -0.2) is 58.6 Å². The van der Waals surface area contributed by atoms with E-state index in [1.165, 1.54) is 19.0 Å². The van der Waals surface area contributed by atoms with Gasteiger partial charge in [0.15, 0.2) is 0 Å². The van der Waals surface area contributed by atoms with Crippen LogP contribution in [0.5, 0.6) is 0 Å². The molecule has 26 heavy (non-hydrogen) atoms. The Morgan fingerprint density at radius 1 is 1.35 bits per heavy atom. The van der Waals surface area contributed by atoms with Crippen molar-refractivity contribution in [3.63, 3.8) is 0 Å². The lowest BCUT2D eigenvalue weighted by molar-refractivity contribution is -0.139. The van der Waals surface area contributed by atoms with Crippen molar-refractivity contribution >= 4 is 17.7 Å². The number of anilines is 1. The quantitative estimate of drug-likeness (QED) is 0.575. The highest BCUT2D eigenvalue weighted by Gasteiger charge is 2.37. The highest BCUT2D eigenvalue weighted by Crippen LogP contribution is 2.34. The minimum absolute atomic E-state index is 0.119. The monoisotopic (exact) mass is 356 g/mol. The second-order valence-corrected chi connectivity index (χ2v) is 7.05. The molecule has 138 valence electrons. The highest BCUT2D eigenvalue weighted by molar-refractivity contribution is 5.94. The number of pyridine rings is 1. The number of carboxylic acids is 1.